The molecule has 3 nitrogen and oxygen atoms in total. The number of carbonyl (C=O) groups excluding carboxylic acids is 1. The van der Waals surface area contributed by atoms with Gasteiger partial charge in [-0.2, -0.15) is 0 Å². The van der Waals surface area contributed by atoms with Crippen molar-refractivity contribution >= 4 is 5.91 Å². The Morgan fingerprint density at radius 1 is 1.06 bits per heavy atom. The maximum Gasteiger partial charge on any atom is 0.222 e. The maximum absolute atomic E-state index is 11.7. The molecule has 3 heteroatoms. The number of unbranched alkanes of at least 4 members (excludes halogenated alkanes) is 5. The Labute approximate surface area is 99.1 Å². The van der Waals surface area contributed by atoms with Crippen LogP contribution < -0.4 is 0 Å². The topological polar surface area (TPSA) is 29.5 Å². The average molecular weight is 226 g/mol. The first kappa shape index (κ1) is 13.5. The van der Waals surface area contributed by atoms with Gasteiger partial charge in [-0.1, -0.05) is 39.0 Å². The zero-order valence-electron chi connectivity index (χ0n) is 10.2. The van der Waals surface area contributed by atoms with Gasteiger partial charge in [-0.25, -0.2) is 0 Å². The SMILES string of the molecule is [CH2]CCCCCCCC(=O)N1CCOCC1. The van der Waals surface area contributed by atoms with Gasteiger partial charge in [0.05, 0.1) is 13.2 Å². The van der Waals surface area contributed by atoms with E-state index in [4.69, 9.17) is 4.74 Å². The standard InChI is InChI=1S/C13H24NO2/c1-2-3-4-5-6-7-8-13(15)14-9-11-16-12-10-14/h1-12H2. The number of hydrogen-bond donors (Lipinski definition) is 0. The van der Waals surface area contributed by atoms with Gasteiger partial charge >= 0.3 is 0 Å². The lowest BCUT2D eigenvalue weighted by atomic mass is 10.1. The molecular weight excluding hydrogens is 202 g/mol. The van der Waals surface area contributed by atoms with E-state index >= 15 is 0 Å². The van der Waals surface area contributed by atoms with E-state index < -0.39 is 0 Å². The van der Waals surface area contributed by atoms with E-state index in [0.717, 1.165) is 25.9 Å². The first-order valence-corrected chi connectivity index (χ1v) is 6.49. The summed E-state index contributed by atoms with van der Waals surface area (Å²) < 4.78 is 5.22. The summed E-state index contributed by atoms with van der Waals surface area (Å²) in [6, 6.07) is 0. The first-order valence-electron chi connectivity index (χ1n) is 6.49. The molecule has 0 spiro atoms. The van der Waals surface area contributed by atoms with Crippen LogP contribution in [0.4, 0.5) is 0 Å². The number of nitrogens with zero attached hydrogens (tertiary/aromatic N) is 1. The van der Waals surface area contributed by atoms with Crippen molar-refractivity contribution in [3.05, 3.63) is 6.92 Å². The van der Waals surface area contributed by atoms with Crippen molar-refractivity contribution in [2.75, 3.05) is 26.3 Å². The van der Waals surface area contributed by atoms with Gasteiger partial charge in [-0.15, -0.1) is 0 Å². The van der Waals surface area contributed by atoms with Crippen LogP contribution in [0.5, 0.6) is 0 Å². The highest BCUT2D eigenvalue weighted by Gasteiger charge is 2.15. The monoisotopic (exact) mass is 226 g/mol. The third-order valence-corrected chi connectivity index (χ3v) is 3.00. The summed E-state index contributed by atoms with van der Waals surface area (Å²) in [6.45, 7) is 6.78. The minimum atomic E-state index is 0.306. The number of ether oxygens (including phenoxy) is 1. The van der Waals surface area contributed by atoms with Gasteiger partial charge in [-0.3, -0.25) is 4.79 Å². The zero-order chi connectivity index (χ0) is 11.6. The Morgan fingerprint density at radius 2 is 1.69 bits per heavy atom. The molecule has 0 bridgehead atoms. The van der Waals surface area contributed by atoms with Crippen molar-refractivity contribution in [1.29, 1.82) is 0 Å². The predicted octanol–water partition coefficient (Wildman–Crippen LogP) is 2.41. The number of amides is 1. The molecule has 1 fully saturated rings. The van der Waals surface area contributed by atoms with Crippen molar-refractivity contribution in [3.63, 3.8) is 0 Å². The molecule has 0 unspecified atom stereocenters. The summed E-state index contributed by atoms with van der Waals surface area (Å²) in [5.41, 5.74) is 0. The van der Waals surface area contributed by atoms with Crippen LogP contribution in [0.1, 0.15) is 44.9 Å². The van der Waals surface area contributed by atoms with E-state index in [0.29, 0.717) is 25.5 Å². The second kappa shape index (κ2) is 8.57. The molecule has 1 saturated heterocycles. The number of hydrogen-bond acceptors (Lipinski definition) is 2. The molecule has 0 saturated carbocycles. The second-order valence-corrected chi connectivity index (χ2v) is 4.36. The van der Waals surface area contributed by atoms with Crippen LogP contribution in [0.25, 0.3) is 0 Å². The van der Waals surface area contributed by atoms with E-state index in [1.807, 2.05) is 4.90 Å². The van der Waals surface area contributed by atoms with Gasteiger partial charge in [0.15, 0.2) is 0 Å². The van der Waals surface area contributed by atoms with Crippen LogP contribution >= 0.6 is 0 Å². The van der Waals surface area contributed by atoms with Crippen molar-refractivity contribution in [1.82, 2.24) is 4.90 Å². The number of morpholine rings is 1. The van der Waals surface area contributed by atoms with Crippen LogP contribution in [0.2, 0.25) is 0 Å². The van der Waals surface area contributed by atoms with Crippen molar-refractivity contribution in [3.8, 4) is 0 Å². The Bertz CT molecular complexity index is 188. The molecule has 0 atom stereocenters. The smallest absolute Gasteiger partial charge is 0.222 e. The summed E-state index contributed by atoms with van der Waals surface area (Å²) in [5, 5.41) is 0. The molecule has 0 aromatic heterocycles. The van der Waals surface area contributed by atoms with Crippen LogP contribution in [-0.2, 0) is 9.53 Å². The fourth-order valence-electron chi connectivity index (χ4n) is 1.95. The summed E-state index contributed by atoms with van der Waals surface area (Å²) >= 11 is 0. The molecule has 0 aromatic carbocycles. The van der Waals surface area contributed by atoms with E-state index in [9.17, 15) is 4.79 Å². The van der Waals surface area contributed by atoms with E-state index in [1.54, 1.807) is 0 Å². The molecular formula is C13H24NO2. The molecule has 0 aliphatic carbocycles. The third kappa shape index (κ3) is 5.50. The summed E-state index contributed by atoms with van der Waals surface area (Å²) in [6.07, 6.45) is 7.68. The van der Waals surface area contributed by atoms with Gasteiger partial charge in [0.25, 0.3) is 0 Å². The highest BCUT2D eigenvalue weighted by atomic mass is 16.5. The van der Waals surface area contributed by atoms with Gasteiger partial charge in [0.2, 0.25) is 5.91 Å². The largest absolute Gasteiger partial charge is 0.378 e. The number of carbonyl (C=O) groups is 1. The van der Waals surface area contributed by atoms with Crippen LogP contribution in [-0.4, -0.2) is 37.1 Å². The molecule has 1 rings (SSSR count). The molecule has 1 aliphatic rings. The van der Waals surface area contributed by atoms with Gasteiger partial charge in [-0.05, 0) is 6.42 Å². The van der Waals surface area contributed by atoms with Crippen LogP contribution in [0.15, 0.2) is 0 Å². The molecule has 16 heavy (non-hydrogen) atoms. The third-order valence-electron chi connectivity index (χ3n) is 3.00. The number of rotatable bonds is 7. The van der Waals surface area contributed by atoms with E-state index in [-0.39, 0.29) is 0 Å². The molecule has 1 radical (unpaired) electrons. The Hall–Kier alpha value is -0.570. The Kier molecular flexibility index (Phi) is 7.23. The fourth-order valence-corrected chi connectivity index (χ4v) is 1.95. The highest BCUT2D eigenvalue weighted by Crippen LogP contribution is 2.09. The fraction of sp³-hybridized carbons (Fsp3) is 0.846. The lowest BCUT2D eigenvalue weighted by Crippen LogP contribution is -2.40. The highest BCUT2D eigenvalue weighted by molar-refractivity contribution is 5.76. The van der Waals surface area contributed by atoms with Crippen molar-refractivity contribution in [2.24, 2.45) is 0 Å². The molecule has 0 N–H and O–H groups in total. The molecule has 1 aliphatic heterocycles. The van der Waals surface area contributed by atoms with Gasteiger partial charge in [0.1, 0.15) is 0 Å². The second-order valence-electron chi connectivity index (χ2n) is 4.36. The molecule has 1 amide bonds. The lowest BCUT2D eigenvalue weighted by Gasteiger charge is -2.26. The minimum absolute atomic E-state index is 0.306. The van der Waals surface area contributed by atoms with Crippen molar-refractivity contribution in [2.45, 2.75) is 44.9 Å². The summed E-state index contributed by atoms with van der Waals surface area (Å²) in [5.74, 6) is 0.306. The predicted molar refractivity (Wildman–Crippen MR) is 65.1 cm³/mol. The molecule has 1 heterocycles. The normalized spacial score (nSPS) is 16.4. The van der Waals surface area contributed by atoms with Gasteiger partial charge in [0, 0.05) is 19.5 Å². The summed E-state index contributed by atoms with van der Waals surface area (Å²) in [4.78, 5) is 13.7. The maximum atomic E-state index is 11.7. The van der Waals surface area contributed by atoms with Crippen LogP contribution in [0, 0.1) is 6.92 Å². The van der Waals surface area contributed by atoms with E-state index in [2.05, 4.69) is 6.92 Å². The van der Waals surface area contributed by atoms with Gasteiger partial charge < -0.3 is 9.64 Å². The first-order chi connectivity index (χ1) is 7.84. The molecule has 0 aromatic rings. The van der Waals surface area contributed by atoms with Crippen molar-refractivity contribution < 1.29 is 9.53 Å². The lowest BCUT2D eigenvalue weighted by molar-refractivity contribution is -0.135. The Morgan fingerprint density at radius 3 is 2.38 bits per heavy atom. The average Bonchev–Trinajstić information content (AvgIpc) is 2.34. The quantitative estimate of drug-likeness (QED) is 0.624. The Balaban J connectivity index is 1.97. The molecule has 93 valence electrons. The summed E-state index contributed by atoms with van der Waals surface area (Å²) in [7, 11) is 0. The van der Waals surface area contributed by atoms with Crippen LogP contribution in [0.3, 0.4) is 0 Å². The minimum Gasteiger partial charge on any atom is -0.378 e. The zero-order valence-corrected chi connectivity index (χ0v) is 10.2. The van der Waals surface area contributed by atoms with E-state index in [1.165, 1.54) is 25.7 Å².